The molecule has 2 fully saturated rings. The average Bonchev–Trinajstić information content (AvgIpc) is 3.20. The molecule has 1 aromatic carbocycles. The fraction of sp³-hybridized carbons (Fsp3) is 0.444. The van der Waals surface area contributed by atoms with Crippen molar-refractivity contribution in [3.8, 4) is 11.3 Å². The molecular weight excluding hydrogens is 290 g/mol. The summed E-state index contributed by atoms with van der Waals surface area (Å²) in [6, 6.07) is 10.3. The zero-order valence-electron chi connectivity index (χ0n) is 13.4. The number of aromatic nitrogens is 1. The van der Waals surface area contributed by atoms with E-state index in [1.165, 1.54) is 19.4 Å². The highest BCUT2D eigenvalue weighted by atomic mass is 16.5. The van der Waals surface area contributed by atoms with E-state index in [4.69, 9.17) is 4.52 Å². The second-order valence-corrected chi connectivity index (χ2v) is 6.41. The molecule has 0 spiro atoms. The van der Waals surface area contributed by atoms with Crippen LogP contribution in [0.5, 0.6) is 0 Å². The van der Waals surface area contributed by atoms with Gasteiger partial charge in [0, 0.05) is 31.2 Å². The molecule has 4 rings (SSSR count). The molecule has 2 aliphatic rings. The second kappa shape index (κ2) is 5.81. The summed E-state index contributed by atoms with van der Waals surface area (Å²) in [5, 5.41) is 4.14. The molecular formula is C18H21N3O2. The highest BCUT2D eigenvalue weighted by molar-refractivity contribution is 6.00. The summed E-state index contributed by atoms with van der Waals surface area (Å²) in [5.41, 5.74) is 2.19. The lowest BCUT2D eigenvalue weighted by atomic mass is 10.0. The SMILES string of the molecule is Cc1onc(-c2ccccc2)c1C(=O)N1CCN2CCCC2C1. The number of nitrogens with zero attached hydrogens (tertiary/aromatic N) is 3. The Bertz CT molecular complexity index is 710. The summed E-state index contributed by atoms with van der Waals surface area (Å²) in [6.07, 6.45) is 2.44. The Morgan fingerprint density at radius 1 is 1.22 bits per heavy atom. The molecule has 0 bridgehead atoms. The van der Waals surface area contributed by atoms with E-state index in [-0.39, 0.29) is 5.91 Å². The molecule has 0 saturated carbocycles. The molecule has 1 unspecified atom stereocenters. The van der Waals surface area contributed by atoms with Gasteiger partial charge in [-0.15, -0.1) is 0 Å². The third-order valence-corrected chi connectivity index (χ3v) is 5.00. The first kappa shape index (κ1) is 14.5. The second-order valence-electron chi connectivity index (χ2n) is 6.41. The zero-order chi connectivity index (χ0) is 15.8. The summed E-state index contributed by atoms with van der Waals surface area (Å²) in [4.78, 5) is 17.5. The molecule has 23 heavy (non-hydrogen) atoms. The molecule has 1 atom stereocenters. The number of fused-ring (bicyclic) bond motifs is 1. The van der Waals surface area contributed by atoms with E-state index in [1.54, 1.807) is 0 Å². The first-order valence-corrected chi connectivity index (χ1v) is 8.29. The Morgan fingerprint density at radius 2 is 2.04 bits per heavy atom. The van der Waals surface area contributed by atoms with E-state index < -0.39 is 0 Å². The van der Waals surface area contributed by atoms with Crippen molar-refractivity contribution in [1.29, 1.82) is 0 Å². The molecule has 0 aliphatic carbocycles. The lowest BCUT2D eigenvalue weighted by Crippen LogP contribution is -2.52. The van der Waals surface area contributed by atoms with Gasteiger partial charge in [0.2, 0.25) is 0 Å². The number of hydrogen-bond donors (Lipinski definition) is 0. The summed E-state index contributed by atoms with van der Waals surface area (Å²) in [7, 11) is 0. The largest absolute Gasteiger partial charge is 0.360 e. The maximum absolute atomic E-state index is 13.1. The van der Waals surface area contributed by atoms with E-state index in [0.29, 0.717) is 23.1 Å². The van der Waals surface area contributed by atoms with E-state index >= 15 is 0 Å². The first-order valence-electron chi connectivity index (χ1n) is 8.29. The molecule has 0 radical (unpaired) electrons. The van der Waals surface area contributed by atoms with Crippen LogP contribution >= 0.6 is 0 Å². The summed E-state index contributed by atoms with van der Waals surface area (Å²) < 4.78 is 5.34. The predicted molar refractivity (Wildman–Crippen MR) is 87.2 cm³/mol. The van der Waals surface area contributed by atoms with Crippen LogP contribution in [-0.2, 0) is 0 Å². The smallest absolute Gasteiger partial charge is 0.259 e. The van der Waals surface area contributed by atoms with Crippen molar-refractivity contribution in [2.75, 3.05) is 26.2 Å². The Kier molecular flexibility index (Phi) is 3.65. The number of carbonyl (C=O) groups is 1. The van der Waals surface area contributed by atoms with E-state index in [2.05, 4.69) is 10.1 Å². The van der Waals surface area contributed by atoms with Crippen molar-refractivity contribution in [1.82, 2.24) is 15.0 Å². The number of benzene rings is 1. The molecule has 120 valence electrons. The molecule has 2 aliphatic heterocycles. The summed E-state index contributed by atoms with van der Waals surface area (Å²) >= 11 is 0. The molecule has 3 heterocycles. The normalized spacial score (nSPS) is 21.4. The van der Waals surface area contributed by atoms with Crippen LogP contribution in [0.15, 0.2) is 34.9 Å². The first-order chi connectivity index (χ1) is 11.2. The third kappa shape index (κ3) is 2.55. The minimum absolute atomic E-state index is 0.0501. The molecule has 1 aromatic heterocycles. The van der Waals surface area contributed by atoms with Gasteiger partial charge in [-0.1, -0.05) is 35.5 Å². The van der Waals surface area contributed by atoms with Crippen LogP contribution in [0.1, 0.15) is 29.0 Å². The Labute approximate surface area is 135 Å². The molecule has 2 saturated heterocycles. The lowest BCUT2D eigenvalue weighted by Gasteiger charge is -2.37. The van der Waals surface area contributed by atoms with Gasteiger partial charge in [-0.05, 0) is 26.3 Å². The Balaban J connectivity index is 1.63. The van der Waals surface area contributed by atoms with Gasteiger partial charge in [0.1, 0.15) is 17.0 Å². The Hall–Kier alpha value is -2.14. The molecule has 1 amide bonds. The number of rotatable bonds is 2. The lowest BCUT2D eigenvalue weighted by molar-refractivity contribution is 0.0570. The molecule has 5 nitrogen and oxygen atoms in total. The van der Waals surface area contributed by atoms with Gasteiger partial charge in [-0.25, -0.2) is 0 Å². The van der Waals surface area contributed by atoms with Gasteiger partial charge in [0.15, 0.2) is 0 Å². The fourth-order valence-electron chi connectivity index (χ4n) is 3.75. The minimum Gasteiger partial charge on any atom is -0.360 e. The fourth-order valence-corrected chi connectivity index (χ4v) is 3.75. The maximum atomic E-state index is 13.1. The van der Waals surface area contributed by atoms with E-state index in [1.807, 2.05) is 42.2 Å². The average molecular weight is 311 g/mol. The van der Waals surface area contributed by atoms with Crippen LogP contribution in [0, 0.1) is 6.92 Å². The predicted octanol–water partition coefficient (Wildman–Crippen LogP) is 2.57. The van der Waals surface area contributed by atoms with Crippen molar-refractivity contribution in [2.24, 2.45) is 0 Å². The number of aryl methyl sites for hydroxylation is 1. The van der Waals surface area contributed by atoms with E-state index in [9.17, 15) is 4.79 Å². The van der Waals surface area contributed by atoms with Crippen LogP contribution in [-0.4, -0.2) is 53.1 Å². The van der Waals surface area contributed by atoms with Crippen molar-refractivity contribution in [2.45, 2.75) is 25.8 Å². The van der Waals surface area contributed by atoms with Crippen molar-refractivity contribution in [3.63, 3.8) is 0 Å². The third-order valence-electron chi connectivity index (χ3n) is 5.00. The summed E-state index contributed by atoms with van der Waals surface area (Å²) in [5.74, 6) is 0.650. The van der Waals surface area contributed by atoms with Crippen LogP contribution in [0.4, 0.5) is 0 Å². The van der Waals surface area contributed by atoms with Crippen molar-refractivity contribution < 1.29 is 9.32 Å². The van der Waals surface area contributed by atoms with E-state index in [0.717, 1.165) is 25.2 Å². The van der Waals surface area contributed by atoms with Gasteiger partial charge in [-0.3, -0.25) is 9.69 Å². The van der Waals surface area contributed by atoms with Crippen LogP contribution < -0.4 is 0 Å². The summed E-state index contributed by atoms with van der Waals surface area (Å²) in [6.45, 7) is 5.57. The van der Waals surface area contributed by atoms with Gasteiger partial charge < -0.3 is 9.42 Å². The standard InChI is InChI=1S/C18H21N3O2/c1-13-16(17(19-23-13)14-6-3-2-4-7-14)18(22)21-11-10-20-9-5-8-15(20)12-21/h2-4,6-7,15H,5,8-12H2,1H3. The topological polar surface area (TPSA) is 49.6 Å². The van der Waals surface area contributed by atoms with Gasteiger partial charge in [0.05, 0.1) is 0 Å². The van der Waals surface area contributed by atoms with Gasteiger partial charge in [-0.2, -0.15) is 0 Å². The number of carbonyl (C=O) groups excluding carboxylic acids is 1. The highest BCUT2D eigenvalue weighted by Crippen LogP contribution is 2.28. The van der Waals surface area contributed by atoms with Crippen LogP contribution in [0.2, 0.25) is 0 Å². The van der Waals surface area contributed by atoms with Crippen molar-refractivity contribution >= 4 is 5.91 Å². The number of piperazine rings is 1. The quantitative estimate of drug-likeness (QED) is 0.855. The molecule has 0 N–H and O–H groups in total. The highest BCUT2D eigenvalue weighted by Gasteiger charge is 2.34. The molecule has 2 aromatic rings. The van der Waals surface area contributed by atoms with Crippen molar-refractivity contribution in [3.05, 3.63) is 41.7 Å². The molecule has 5 heteroatoms. The zero-order valence-corrected chi connectivity index (χ0v) is 13.4. The Morgan fingerprint density at radius 3 is 2.87 bits per heavy atom. The van der Waals surface area contributed by atoms with Gasteiger partial charge >= 0.3 is 0 Å². The number of hydrogen-bond acceptors (Lipinski definition) is 4. The van der Waals surface area contributed by atoms with Crippen LogP contribution in [0.25, 0.3) is 11.3 Å². The minimum atomic E-state index is 0.0501. The maximum Gasteiger partial charge on any atom is 0.259 e. The van der Waals surface area contributed by atoms with Crippen LogP contribution in [0.3, 0.4) is 0 Å². The monoisotopic (exact) mass is 311 g/mol. The number of amides is 1. The van der Waals surface area contributed by atoms with Gasteiger partial charge in [0.25, 0.3) is 5.91 Å².